The van der Waals surface area contributed by atoms with Crippen molar-refractivity contribution >= 4 is 26.8 Å². The van der Waals surface area contributed by atoms with Crippen LogP contribution in [-0.4, -0.2) is 52.4 Å². The van der Waals surface area contributed by atoms with Gasteiger partial charge < -0.3 is 4.90 Å². The Balaban J connectivity index is 1.67. The molecular weight excluding hydrogens is 366 g/mol. The Kier molecular flexibility index (Phi) is 4.75. The van der Waals surface area contributed by atoms with Crippen molar-refractivity contribution in [3.63, 3.8) is 0 Å². The van der Waals surface area contributed by atoms with Gasteiger partial charge >= 0.3 is 0 Å². The van der Waals surface area contributed by atoms with Crippen LogP contribution in [0.15, 0.2) is 35.3 Å². The van der Waals surface area contributed by atoms with Gasteiger partial charge in [0.15, 0.2) is 9.84 Å². The Hall–Kier alpha value is -2.22. The lowest BCUT2D eigenvalue weighted by Crippen LogP contribution is -2.49. The first-order chi connectivity index (χ1) is 12.9. The van der Waals surface area contributed by atoms with Crippen LogP contribution in [-0.2, 0) is 21.2 Å². The molecule has 0 N–H and O–H groups in total. The van der Waals surface area contributed by atoms with Crippen LogP contribution in [0, 0.1) is 0 Å². The zero-order chi connectivity index (χ0) is 19.0. The van der Waals surface area contributed by atoms with Gasteiger partial charge in [-0.05, 0) is 31.4 Å². The number of hydrogen-bond acceptors (Lipinski definition) is 5. The summed E-state index contributed by atoms with van der Waals surface area (Å²) >= 11 is 0. The van der Waals surface area contributed by atoms with E-state index in [9.17, 15) is 18.0 Å². The van der Waals surface area contributed by atoms with Crippen molar-refractivity contribution < 1.29 is 13.2 Å². The highest BCUT2D eigenvalue weighted by Crippen LogP contribution is 2.29. The minimum atomic E-state index is -3.09. The SMILES string of the molecule is O=C(Cn1c(=O)cnc2ccccc21)N(C1CCCC1)C1CCS(=O)(=O)C1. The molecule has 1 saturated heterocycles. The first kappa shape index (κ1) is 18.2. The molecule has 1 aliphatic carbocycles. The minimum Gasteiger partial charge on any atom is -0.334 e. The van der Waals surface area contributed by atoms with Crippen molar-refractivity contribution in [1.29, 1.82) is 0 Å². The fraction of sp³-hybridized carbons (Fsp3) is 0.526. The summed E-state index contributed by atoms with van der Waals surface area (Å²) in [7, 11) is -3.09. The molecule has 1 aromatic carbocycles. The monoisotopic (exact) mass is 389 g/mol. The average molecular weight is 389 g/mol. The topological polar surface area (TPSA) is 89.3 Å². The number of amides is 1. The van der Waals surface area contributed by atoms with E-state index < -0.39 is 9.84 Å². The summed E-state index contributed by atoms with van der Waals surface area (Å²) in [5, 5.41) is 0. The molecule has 0 radical (unpaired) electrons. The maximum Gasteiger partial charge on any atom is 0.269 e. The van der Waals surface area contributed by atoms with Crippen LogP contribution in [0.4, 0.5) is 0 Å². The highest BCUT2D eigenvalue weighted by molar-refractivity contribution is 7.91. The smallest absolute Gasteiger partial charge is 0.269 e. The van der Waals surface area contributed by atoms with Crippen molar-refractivity contribution in [3.05, 3.63) is 40.8 Å². The Morgan fingerprint density at radius 2 is 1.89 bits per heavy atom. The second-order valence-corrected chi connectivity index (χ2v) is 9.70. The molecule has 2 aliphatic rings. The first-order valence-electron chi connectivity index (χ1n) is 9.41. The fourth-order valence-corrected chi connectivity index (χ4v) is 6.09. The lowest BCUT2D eigenvalue weighted by Gasteiger charge is -2.34. The predicted octanol–water partition coefficient (Wildman–Crippen LogP) is 1.35. The molecule has 7 nitrogen and oxygen atoms in total. The Bertz CT molecular complexity index is 1020. The molecule has 1 saturated carbocycles. The third-order valence-corrected chi connectivity index (χ3v) is 7.40. The largest absolute Gasteiger partial charge is 0.334 e. The van der Waals surface area contributed by atoms with E-state index in [1.807, 2.05) is 12.1 Å². The molecule has 1 aromatic heterocycles. The second kappa shape index (κ2) is 7.07. The van der Waals surface area contributed by atoms with Gasteiger partial charge in [0.05, 0.1) is 28.7 Å². The number of carbonyl (C=O) groups is 1. The fourth-order valence-electron chi connectivity index (χ4n) is 4.38. The highest BCUT2D eigenvalue weighted by Gasteiger charge is 2.39. The van der Waals surface area contributed by atoms with Gasteiger partial charge in [0.1, 0.15) is 6.54 Å². The number of fused-ring (bicyclic) bond motifs is 1. The van der Waals surface area contributed by atoms with Crippen LogP contribution >= 0.6 is 0 Å². The van der Waals surface area contributed by atoms with E-state index in [4.69, 9.17) is 0 Å². The number of aromatic nitrogens is 2. The zero-order valence-corrected chi connectivity index (χ0v) is 15.9. The number of benzene rings is 1. The number of para-hydroxylation sites is 2. The maximum atomic E-state index is 13.2. The Labute approximate surface area is 157 Å². The minimum absolute atomic E-state index is 0.0290. The van der Waals surface area contributed by atoms with Crippen LogP contribution in [0.1, 0.15) is 32.1 Å². The van der Waals surface area contributed by atoms with Gasteiger partial charge in [0.25, 0.3) is 5.56 Å². The molecule has 144 valence electrons. The molecule has 2 aromatic rings. The molecular formula is C19H23N3O4S. The van der Waals surface area contributed by atoms with Crippen LogP contribution in [0.2, 0.25) is 0 Å². The second-order valence-electron chi connectivity index (χ2n) is 7.47. The lowest BCUT2D eigenvalue weighted by molar-refractivity contribution is -0.136. The van der Waals surface area contributed by atoms with Gasteiger partial charge in [-0.15, -0.1) is 0 Å². The molecule has 1 atom stereocenters. The van der Waals surface area contributed by atoms with Gasteiger partial charge in [-0.3, -0.25) is 14.2 Å². The molecule has 2 fully saturated rings. The summed E-state index contributed by atoms with van der Waals surface area (Å²) in [5.74, 6) is -0.0180. The van der Waals surface area contributed by atoms with Crippen molar-refractivity contribution in [2.75, 3.05) is 11.5 Å². The number of nitrogens with zero attached hydrogens (tertiary/aromatic N) is 3. The van der Waals surface area contributed by atoms with E-state index in [0.717, 1.165) is 25.7 Å². The third-order valence-electron chi connectivity index (χ3n) is 5.65. The summed E-state index contributed by atoms with van der Waals surface area (Å²) in [6.07, 6.45) is 5.60. The number of carbonyl (C=O) groups excluding carboxylic acids is 1. The van der Waals surface area contributed by atoms with Crippen LogP contribution in [0.3, 0.4) is 0 Å². The number of hydrogen-bond donors (Lipinski definition) is 0. The lowest BCUT2D eigenvalue weighted by atomic mass is 10.1. The Morgan fingerprint density at radius 1 is 1.15 bits per heavy atom. The third kappa shape index (κ3) is 3.63. The van der Waals surface area contributed by atoms with Crippen molar-refractivity contribution in [2.24, 2.45) is 0 Å². The van der Waals surface area contributed by atoms with Crippen molar-refractivity contribution in [1.82, 2.24) is 14.5 Å². The molecule has 2 heterocycles. The summed E-state index contributed by atoms with van der Waals surface area (Å²) < 4.78 is 25.4. The first-order valence-corrected chi connectivity index (χ1v) is 11.2. The number of sulfone groups is 1. The maximum absolute atomic E-state index is 13.2. The molecule has 0 bridgehead atoms. The van der Waals surface area contributed by atoms with Crippen LogP contribution in [0.5, 0.6) is 0 Å². The molecule has 1 amide bonds. The normalized spacial score (nSPS) is 22.3. The van der Waals surface area contributed by atoms with Crippen LogP contribution < -0.4 is 5.56 Å². The van der Waals surface area contributed by atoms with E-state index in [0.29, 0.717) is 17.5 Å². The standard InChI is InChI=1S/C19H23N3O4S/c23-18-11-20-16-7-3-4-8-17(16)21(18)12-19(24)22(14-5-1-2-6-14)15-9-10-27(25,26)13-15/h3-4,7-8,11,14-15H,1-2,5-6,9-10,12-13H2. The molecule has 27 heavy (non-hydrogen) atoms. The van der Waals surface area contributed by atoms with Gasteiger partial charge in [0, 0.05) is 12.1 Å². The summed E-state index contributed by atoms with van der Waals surface area (Å²) in [6.45, 7) is -0.0884. The summed E-state index contributed by atoms with van der Waals surface area (Å²) in [5.41, 5.74) is 0.942. The van der Waals surface area contributed by atoms with E-state index in [1.165, 1.54) is 10.8 Å². The molecule has 1 aliphatic heterocycles. The van der Waals surface area contributed by atoms with E-state index in [-0.39, 0.29) is 41.6 Å². The van der Waals surface area contributed by atoms with Crippen molar-refractivity contribution in [2.45, 2.75) is 50.7 Å². The van der Waals surface area contributed by atoms with Crippen LogP contribution in [0.25, 0.3) is 11.0 Å². The van der Waals surface area contributed by atoms with Gasteiger partial charge in [-0.25, -0.2) is 13.4 Å². The highest BCUT2D eigenvalue weighted by atomic mass is 32.2. The molecule has 8 heteroatoms. The van der Waals surface area contributed by atoms with E-state index in [1.54, 1.807) is 17.0 Å². The molecule has 0 spiro atoms. The van der Waals surface area contributed by atoms with Gasteiger partial charge in [-0.2, -0.15) is 0 Å². The van der Waals surface area contributed by atoms with E-state index >= 15 is 0 Å². The van der Waals surface area contributed by atoms with E-state index in [2.05, 4.69) is 4.98 Å². The average Bonchev–Trinajstić information content (AvgIpc) is 3.28. The van der Waals surface area contributed by atoms with Crippen molar-refractivity contribution in [3.8, 4) is 0 Å². The molecule has 4 rings (SSSR count). The number of rotatable bonds is 4. The van der Waals surface area contributed by atoms with Gasteiger partial charge in [-0.1, -0.05) is 25.0 Å². The summed E-state index contributed by atoms with van der Waals surface area (Å²) in [4.78, 5) is 31.5. The zero-order valence-electron chi connectivity index (χ0n) is 15.1. The predicted molar refractivity (Wildman–Crippen MR) is 102 cm³/mol. The quantitative estimate of drug-likeness (QED) is 0.788. The molecule has 1 unspecified atom stereocenters. The van der Waals surface area contributed by atoms with Gasteiger partial charge in [0.2, 0.25) is 5.91 Å². The summed E-state index contributed by atoms with van der Waals surface area (Å²) in [6, 6.07) is 7.00. The Morgan fingerprint density at radius 3 is 2.59 bits per heavy atom.